The van der Waals surface area contributed by atoms with Gasteiger partial charge in [0.15, 0.2) is 11.5 Å². The maximum atomic E-state index is 5.42. The predicted molar refractivity (Wildman–Crippen MR) is 78.2 cm³/mol. The van der Waals surface area contributed by atoms with Gasteiger partial charge < -0.3 is 19.5 Å². The molecule has 0 spiro atoms. The molecule has 1 aliphatic rings. The summed E-state index contributed by atoms with van der Waals surface area (Å²) < 4.78 is 15.8. The van der Waals surface area contributed by atoms with Crippen LogP contribution in [-0.2, 0) is 4.74 Å². The van der Waals surface area contributed by atoms with Crippen molar-refractivity contribution in [2.45, 2.75) is 12.5 Å². The smallest absolute Gasteiger partial charge is 0.231 e. The molecule has 1 aliphatic heterocycles. The van der Waals surface area contributed by atoms with Crippen LogP contribution in [0.2, 0.25) is 0 Å². The van der Waals surface area contributed by atoms with Gasteiger partial charge in [0.1, 0.15) is 0 Å². The number of hydrogen-bond donors (Lipinski definition) is 1. The Balaban J connectivity index is 1.86. The molecule has 1 atom stereocenters. The fourth-order valence-corrected chi connectivity index (χ4v) is 3.07. The zero-order valence-electron chi connectivity index (χ0n) is 11.5. The van der Waals surface area contributed by atoms with Crippen LogP contribution in [0, 0.1) is 0 Å². The molecule has 0 saturated heterocycles. The van der Waals surface area contributed by atoms with Crippen LogP contribution < -0.4 is 14.8 Å². The van der Waals surface area contributed by atoms with E-state index in [0.29, 0.717) is 12.8 Å². The first-order valence-electron chi connectivity index (χ1n) is 6.48. The second-order valence-electron chi connectivity index (χ2n) is 4.38. The molecule has 19 heavy (non-hydrogen) atoms. The molecule has 4 nitrogen and oxygen atoms in total. The summed E-state index contributed by atoms with van der Waals surface area (Å²) in [5.74, 6) is 3.85. The largest absolute Gasteiger partial charge is 0.454 e. The molecule has 106 valence electrons. The fraction of sp³-hybridized carbons (Fsp3) is 0.571. The van der Waals surface area contributed by atoms with Crippen molar-refractivity contribution in [3.05, 3.63) is 23.8 Å². The minimum Gasteiger partial charge on any atom is -0.454 e. The first-order chi connectivity index (χ1) is 9.35. The molecule has 1 N–H and O–H groups in total. The summed E-state index contributed by atoms with van der Waals surface area (Å²) >= 11 is 1.94. The Kier molecular flexibility index (Phi) is 5.82. The normalized spacial score (nSPS) is 14.6. The van der Waals surface area contributed by atoms with Crippen LogP contribution in [0.15, 0.2) is 18.2 Å². The number of benzene rings is 1. The van der Waals surface area contributed by atoms with E-state index in [1.807, 2.05) is 24.9 Å². The van der Waals surface area contributed by atoms with E-state index < -0.39 is 0 Å². The molecule has 1 heterocycles. The molecule has 5 heteroatoms. The molecule has 0 saturated carbocycles. The molecule has 0 amide bonds. The molecule has 1 aromatic rings. The van der Waals surface area contributed by atoms with E-state index in [2.05, 4.69) is 17.4 Å². The highest BCUT2D eigenvalue weighted by molar-refractivity contribution is 7.99. The SMILES string of the molecule is CNC(CSCCCOC)c1ccc2c(c1)OCO2. The van der Waals surface area contributed by atoms with Gasteiger partial charge in [0.25, 0.3) is 0 Å². The van der Waals surface area contributed by atoms with Gasteiger partial charge in [0, 0.05) is 25.5 Å². The van der Waals surface area contributed by atoms with Gasteiger partial charge in [-0.25, -0.2) is 0 Å². The van der Waals surface area contributed by atoms with Crippen LogP contribution >= 0.6 is 11.8 Å². The van der Waals surface area contributed by atoms with Crippen LogP contribution in [-0.4, -0.2) is 39.1 Å². The molecule has 2 rings (SSSR count). The third-order valence-electron chi connectivity index (χ3n) is 3.07. The Bertz CT molecular complexity index is 400. The van der Waals surface area contributed by atoms with E-state index in [-0.39, 0.29) is 0 Å². The third kappa shape index (κ3) is 4.03. The Morgan fingerprint density at radius 2 is 2.21 bits per heavy atom. The van der Waals surface area contributed by atoms with Crippen molar-refractivity contribution in [3.8, 4) is 11.5 Å². The van der Waals surface area contributed by atoms with Crippen molar-refractivity contribution in [2.24, 2.45) is 0 Å². The van der Waals surface area contributed by atoms with Crippen molar-refractivity contribution in [1.29, 1.82) is 0 Å². The number of methoxy groups -OCH3 is 1. The lowest BCUT2D eigenvalue weighted by atomic mass is 10.1. The van der Waals surface area contributed by atoms with Crippen LogP contribution in [0.3, 0.4) is 0 Å². The maximum Gasteiger partial charge on any atom is 0.231 e. The van der Waals surface area contributed by atoms with Crippen molar-refractivity contribution >= 4 is 11.8 Å². The monoisotopic (exact) mass is 283 g/mol. The maximum absolute atomic E-state index is 5.42. The van der Waals surface area contributed by atoms with E-state index >= 15 is 0 Å². The van der Waals surface area contributed by atoms with Crippen molar-refractivity contribution in [3.63, 3.8) is 0 Å². The molecule has 0 bridgehead atoms. The first-order valence-corrected chi connectivity index (χ1v) is 7.64. The zero-order valence-corrected chi connectivity index (χ0v) is 12.3. The van der Waals surface area contributed by atoms with Crippen LogP contribution in [0.25, 0.3) is 0 Å². The quantitative estimate of drug-likeness (QED) is 0.742. The lowest BCUT2D eigenvalue weighted by Crippen LogP contribution is -2.19. The van der Waals surface area contributed by atoms with E-state index in [1.54, 1.807) is 7.11 Å². The average Bonchev–Trinajstić information content (AvgIpc) is 2.90. The molecule has 0 aromatic heterocycles. The van der Waals surface area contributed by atoms with E-state index in [1.165, 1.54) is 5.56 Å². The third-order valence-corrected chi connectivity index (χ3v) is 4.22. The average molecular weight is 283 g/mol. The second kappa shape index (κ2) is 7.62. The Morgan fingerprint density at radius 1 is 1.37 bits per heavy atom. The molecule has 0 aliphatic carbocycles. The number of thioether (sulfide) groups is 1. The number of fused-ring (bicyclic) bond motifs is 1. The van der Waals surface area contributed by atoms with Gasteiger partial charge >= 0.3 is 0 Å². The summed E-state index contributed by atoms with van der Waals surface area (Å²) in [4.78, 5) is 0. The Morgan fingerprint density at radius 3 is 3.00 bits per heavy atom. The lowest BCUT2D eigenvalue weighted by Gasteiger charge is -2.16. The van der Waals surface area contributed by atoms with Crippen LogP contribution in [0.4, 0.5) is 0 Å². The summed E-state index contributed by atoms with van der Waals surface area (Å²) in [6.07, 6.45) is 1.10. The number of ether oxygens (including phenoxy) is 3. The van der Waals surface area contributed by atoms with Gasteiger partial charge in [-0.05, 0) is 36.9 Å². The van der Waals surface area contributed by atoms with E-state index in [4.69, 9.17) is 14.2 Å². The number of hydrogen-bond acceptors (Lipinski definition) is 5. The molecular formula is C14H21NO3S. The van der Waals surface area contributed by atoms with Crippen LogP contribution in [0.5, 0.6) is 11.5 Å². The molecule has 1 aromatic carbocycles. The van der Waals surface area contributed by atoms with Gasteiger partial charge in [-0.1, -0.05) is 6.07 Å². The number of rotatable bonds is 8. The van der Waals surface area contributed by atoms with Gasteiger partial charge in [-0.2, -0.15) is 11.8 Å². The van der Waals surface area contributed by atoms with E-state index in [9.17, 15) is 0 Å². The molecule has 1 unspecified atom stereocenters. The summed E-state index contributed by atoms with van der Waals surface area (Å²) in [5, 5.41) is 3.35. The Hall–Kier alpha value is -0.910. The first kappa shape index (κ1) is 14.5. The van der Waals surface area contributed by atoms with Gasteiger partial charge in [0.05, 0.1) is 0 Å². The molecule has 0 fully saturated rings. The van der Waals surface area contributed by atoms with Gasteiger partial charge in [-0.3, -0.25) is 0 Å². The van der Waals surface area contributed by atoms with Crippen LogP contribution in [0.1, 0.15) is 18.0 Å². The number of nitrogens with one attached hydrogen (secondary N) is 1. The van der Waals surface area contributed by atoms with Crippen molar-refractivity contribution in [2.75, 3.05) is 39.1 Å². The van der Waals surface area contributed by atoms with E-state index in [0.717, 1.165) is 36.0 Å². The summed E-state index contributed by atoms with van der Waals surface area (Å²) in [7, 11) is 3.73. The summed E-state index contributed by atoms with van der Waals surface area (Å²) in [5.41, 5.74) is 1.24. The highest BCUT2D eigenvalue weighted by Gasteiger charge is 2.16. The highest BCUT2D eigenvalue weighted by atomic mass is 32.2. The van der Waals surface area contributed by atoms with Crippen molar-refractivity contribution < 1.29 is 14.2 Å². The standard InChI is InChI=1S/C14H21NO3S/c1-15-12(9-19-7-3-6-16-2)11-4-5-13-14(8-11)18-10-17-13/h4-5,8,12,15H,3,6-7,9-10H2,1-2H3. The zero-order chi connectivity index (χ0) is 13.5. The topological polar surface area (TPSA) is 39.7 Å². The summed E-state index contributed by atoms with van der Waals surface area (Å²) in [6, 6.07) is 6.49. The fourth-order valence-electron chi connectivity index (χ4n) is 1.98. The molecular weight excluding hydrogens is 262 g/mol. The Labute approximate surface area is 118 Å². The summed E-state index contributed by atoms with van der Waals surface area (Å²) in [6.45, 7) is 1.16. The minimum absolute atomic E-state index is 0.328. The van der Waals surface area contributed by atoms with Gasteiger partial charge in [0.2, 0.25) is 6.79 Å². The minimum atomic E-state index is 0.328. The van der Waals surface area contributed by atoms with Gasteiger partial charge in [-0.15, -0.1) is 0 Å². The lowest BCUT2D eigenvalue weighted by molar-refractivity contribution is 0.174. The molecule has 0 radical (unpaired) electrons. The predicted octanol–water partition coefficient (Wildman–Crippen LogP) is 2.45. The highest BCUT2D eigenvalue weighted by Crippen LogP contribution is 2.34. The van der Waals surface area contributed by atoms with Crippen molar-refractivity contribution in [1.82, 2.24) is 5.32 Å². The second-order valence-corrected chi connectivity index (χ2v) is 5.53.